The van der Waals surface area contributed by atoms with E-state index in [9.17, 15) is 0 Å². The zero-order chi connectivity index (χ0) is 6.48. The SMILES string of the molecule is [CH2-][NH+]1CC2(CC(C)C2)C1. The van der Waals surface area contributed by atoms with Crippen molar-refractivity contribution in [3.8, 4) is 0 Å². The van der Waals surface area contributed by atoms with Crippen molar-refractivity contribution in [2.24, 2.45) is 11.3 Å². The molecule has 1 saturated heterocycles. The predicted molar refractivity (Wildman–Crippen MR) is 36.9 cm³/mol. The summed E-state index contributed by atoms with van der Waals surface area (Å²) >= 11 is 0. The number of rotatable bonds is 0. The molecule has 1 nitrogen and oxygen atoms in total. The molecular weight excluding hydrogens is 110 g/mol. The first-order chi connectivity index (χ1) is 4.20. The van der Waals surface area contributed by atoms with Crippen molar-refractivity contribution >= 4 is 0 Å². The summed E-state index contributed by atoms with van der Waals surface area (Å²) in [7, 11) is 3.96. The summed E-state index contributed by atoms with van der Waals surface area (Å²) in [4.78, 5) is 1.49. The van der Waals surface area contributed by atoms with Gasteiger partial charge >= 0.3 is 0 Å². The maximum absolute atomic E-state index is 3.96. The molecule has 0 atom stereocenters. The van der Waals surface area contributed by atoms with E-state index in [1.807, 2.05) is 0 Å². The molecule has 0 aromatic carbocycles. The predicted octanol–water partition coefficient (Wildman–Crippen LogP) is 0.0928. The third-order valence-corrected chi connectivity index (χ3v) is 2.81. The van der Waals surface area contributed by atoms with Crippen LogP contribution >= 0.6 is 0 Å². The standard InChI is InChI=1S/C8H15N/c1-7-3-8(4-7)5-9(2)6-8/h7,9H,2-6H2,1H3. The van der Waals surface area contributed by atoms with Crippen molar-refractivity contribution in [1.82, 2.24) is 0 Å². The van der Waals surface area contributed by atoms with E-state index >= 15 is 0 Å². The average molecular weight is 125 g/mol. The summed E-state index contributed by atoms with van der Waals surface area (Å²) in [5, 5.41) is 0. The van der Waals surface area contributed by atoms with Gasteiger partial charge in [0, 0.05) is 0 Å². The van der Waals surface area contributed by atoms with Crippen LogP contribution in [0.5, 0.6) is 0 Å². The van der Waals surface area contributed by atoms with Gasteiger partial charge in [0.1, 0.15) is 0 Å². The molecule has 2 aliphatic rings. The van der Waals surface area contributed by atoms with Crippen LogP contribution in [-0.4, -0.2) is 13.1 Å². The van der Waals surface area contributed by atoms with Crippen molar-refractivity contribution in [2.75, 3.05) is 13.1 Å². The van der Waals surface area contributed by atoms with E-state index in [1.54, 1.807) is 0 Å². The fourth-order valence-corrected chi connectivity index (χ4v) is 2.72. The highest BCUT2D eigenvalue weighted by atomic mass is 15.2. The number of quaternary nitrogens is 1. The van der Waals surface area contributed by atoms with Crippen molar-refractivity contribution in [2.45, 2.75) is 19.8 Å². The lowest BCUT2D eigenvalue weighted by Gasteiger charge is -2.57. The van der Waals surface area contributed by atoms with Crippen LogP contribution in [0.1, 0.15) is 19.8 Å². The molecule has 1 saturated carbocycles. The van der Waals surface area contributed by atoms with E-state index < -0.39 is 0 Å². The Hall–Kier alpha value is -0.0400. The number of hydrogen-bond donors (Lipinski definition) is 1. The van der Waals surface area contributed by atoms with Gasteiger partial charge in [0.25, 0.3) is 0 Å². The summed E-state index contributed by atoms with van der Waals surface area (Å²) in [6.45, 7) is 5.04. The van der Waals surface area contributed by atoms with Crippen LogP contribution in [0.15, 0.2) is 0 Å². The Morgan fingerprint density at radius 1 is 1.44 bits per heavy atom. The highest BCUT2D eigenvalue weighted by Gasteiger charge is 2.51. The maximum atomic E-state index is 3.96. The second-order valence-electron chi connectivity index (χ2n) is 4.12. The van der Waals surface area contributed by atoms with Crippen LogP contribution in [0.4, 0.5) is 0 Å². The van der Waals surface area contributed by atoms with Crippen molar-refractivity contribution < 1.29 is 4.90 Å². The molecule has 9 heavy (non-hydrogen) atoms. The molecule has 1 spiro atoms. The molecule has 0 aromatic heterocycles. The van der Waals surface area contributed by atoms with Crippen molar-refractivity contribution in [1.29, 1.82) is 0 Å². The van der Waals surface area contributed by atoms with Gasteiger partial charge in [-0.2, -0.15) is 7.05 Å². The van der Waals surface area contributed by atoms with Gasteiger partial charge in [-0.3, -0.25) is 0 Å². The minimum Gasteiger partial charge on any atom is -0.467 e. The van der Waals surface area contributed by atoms with E-state index in [0.29, 0.717) is 0 Å². The van der Waals surface area contributed by atoms with Crippen LogP contribution in [0.2, 0.25) is 0 Å². The number of nitrogens with one attached hydrogen (secondary N) is 1. The summed E-state index contributed by atoms with van der Waals surface area (Å²) in [5.74, 6) is 1.01. The summed E-state index contributed by atoms with van der Waals surface area (Å²) in [5.41, 5.74) is 0.788. The quantitative estimate of drug-likeness (QED) is 0.438. The number of hydrogen-bond acceptors (Lipinski definition) is 0. The Balaban J connectivity index is 1.87. The molecule has 0 amide bonds. The summed E-state index contributed by atoms with van der Waals surface area (Å²) in [6, 6.07) is 0. The molecule has 1 N–H and O–H groups in total. The topological polar surface area (TPSA) is 4.44 Å². The molecule has 1 aliphatic heterocycles. The highest BCUT2D eigenvalue weighted by Crippen LogP contribution is 2.45. The van der Waals surface area contributed by atoms with E-state index in [-0.39, 0.29) is 0 Å². The van der Waals surface area contributed by atoms with E-state index in [2.05, 4.69) is 14.0 Å². The molecule has 1 aliphatic carbocycles. The van der Waals surface area contributed by atoms with E-state index in [4.69, 9.17) is 0 Å². The van der Waals surface area contributed by atoms with Crippen molar-refractivity contribution in [3.05, 3.63) is 7.05 Å². The van der Waals surface area contributed by atoms with Gasteiger partial charge in [0.2, 0.25) is 0 Å². The van der Waals surface area contributed by atoms with Gasteiger partial charge in [0.05, 0.1) is 18.5 Å². The molecular formula is C8H15N. The smallest absolute Gasteiger partial charge is 0.0644 e. The minimum atomic E-state index is 0.788. The molecule has 0 aromatic rings. The van der Waals surface area contributed by atoms with Gasteiger partial charge in [-0.25, -0.2) is 0 Å². The zero-order valence-electron chi connectivity index (χ0n) is 6.11. The molecule has 2 fully saturated rings. The average Bonchev–Trinajstić information content (AvgIpc) is 1.58. The lowest BCUT2D eigenvalue weighted by atomic mass is 9.58. The second-order valence-corrected chi connectivity index (χ2v) is 4.12. The normalized spacial score (nSPS) is 56.7. The fraction of sp³-hybridized carbons (Fsp3) is 0.875. The first-order valence-corrected chi connectivity index (χ1v) is 3.87. The summed E-state index contributed by atoms with van der Waals surface area (Å²) < 4.78 is 0. The molecule has 52 valence electrons. The minimum absolute atomic E-state index is 0.788. The van der Waals surface area contributed by atoms with Gasteiger partial charge in [-0.15, -0.1) is 0 Å². The first-order valence-electron chi connectivity index (χ1n) is 3.87. The Morgan fingerprint density at radius 2 is 2.00 bits per heavy atom. The highest BCUT2D eigenvalue weighted by molar-refractivity contribution is 4.94. The third-order valence-electron chi connectivity index (χ3n) is 2.81. The molecule has 1 heterocycles. The lowest BCUT2D eigenvalue weighted by molar-refractivity contribution is -0.924. The Labute approximate surface area is 57.0 Å². The first kappa shape index (κ1) is 5.72. The lowest BCUT2D eigenvalue weighted by Crippen LogP contribution is -3.18. The van der Waals surface area contributed by atoms with E-state index in [0.717, 1.165) is 11.3 Å². The largest absolute Gasteiger partial charge is 0.467 e. The molecule has 1 heteroatoms. The monoisotopic (exact) mass is 125 g/mol. The van der Waals surface area contributed by atoms with Crippen LogP contribution in [0.3, 0.4) is 0 Å². The maximum Gasteiger partial charge on any atom is 0.0644 e. The van der Waals surface area contributed by atoms with Gasteiger partial charge < -0.3 is 4.90 Å². The molecule has 2 rings (SSSR count). The number of likely N-dealkylation sites (tertiary alicyclic amines) is 1. The van der Waals surface area contributed by atoms with Crippen LogP contribution in [0.25, 0.3) is 0 Å². The van der Waals surface area contributed by atoms with Gasteiger partial charge in [-0.05, 0) is 18.8 Å². The van der Waals surface area contributed by atoms with Gasteiger partial charge in [-0.1, -0.05) is 6.92 Å². The Kier molecular flexibility index (Phi) is 0.963. The van der Waals surface area contributed by atoms with Crippen LogP contribution < -0.4 is 4.90 Å². The van der Waals surface area contributed by atoms with E-state index in [1.165, 1.54) is 30.8 Å². The van der Waals surface area contributed by atoms with Crippen LogP contribution in [-0.2, 0) is 0 Å². The second kappa shape index (κ2) is 1.51. The Bertz CT molecular complexity index is 99.0. The van der Waals surface area contributed by atoms with Crippen molar-refractivity contribution in [3.63, 3.8) is 0 Å². The molecule has 0 radical (unpaired) electrons. The molecule has 0 bridgehead atoms. The summed E-state index contributed by atoms with van der Waals surface area (Å²) in [6.07, 6.45) is 2.96. The Morgan fingerprint density at radius 3 is 2.33 bits per heavy atom. The zero-order valence-corrected chi connectivity index (χ0v) is 6.11. The van der Waals surface area contributed by atoms with Crippen LogP contribution in [0, 0.1) is 18.4 Å². The fourth-order valence-electron chi connectivity index (χ4n) is 2.72. The van der Waals surface area contributed by atoms with Gasteiger partial charge in [0.15, 0.2) is 0 Å². The molecule has 0 unspecified atom stereocenters. The third kappa shape index (κ3) is 0.710.